The zero-order chi connectivity index (χ0) is 26.8. The molecular weight excluding hydrogens is 478 g/mol. The largest absolute Gasteiger partial charge is 0.507 e. The monoisotopic (exact) mass is 509 g/mol. The number of hydrogen-bond donors (Lipinski definition) is 1. The second-order valence-corrected chi connectivity index (χ2v) is 9.92. The van der Waals surface area contributed by atoms with E-state index in [4.69, 9.17) is 4.74 Å². The van der Waals surface area contributed by atoms with Crippen molar-refractivity contribution in [1.82, 2.24) is 0 Å². The molecule has 1 saturated heterocycles. The van der Waals surface area contributed by atoms with E-state index in [2.05, 4.69) is 0 Å². The first-order valence-electron chi connectivity index (χ1n) is 13.1. The summed E-state index contributed by atoms with van der Waals surface area (Å²) in [6.07, 6.45) is 4.31. The molecule has 1 aliphatic carbocycles. The van der Waals surface area contributed by atoms with Crippen molar-refractivity contribution in [1.29, 1.82) is 0 Å². The highest BCUT2D eigenvalue weighted by Gasteiger charge is 2.47. The van der Waals surface area contributed by atoms with Gasteiger partial charge in [0.15, 0.2) is 0 Å². The SMILES string of the molecule is CCOC(=O)Cc1ccc(N2C(=O)C(=O)/C(=C(\O)c3ccc4c(c3)CCCC4)C2c2cccc(C)c2)cc1. The number of rotatable bonds is 6. The van der Waals surface area contributed by atoms with Crippen LogP contribution in [0.1, 0.15) is 59.2 Å². The molecule has 5 rings (SSSR count). The number of ether oxygens (including phenoxy) is 1. The summed E-state index contributed by atoms with van der Waals surface area (Å²) in [6, 6.07) is 19.6. The summed E-state index contributed by atoms with van der Waals surface area (Å²) in [5, 5.41) is 11.5. The normalized spacial score (nSPS) is 18.4. The van der Waals surface area contributed by atoms with Gasteiger partial charge < -0.3 is 9.84 Å². The molecule has 1 fully saturated rings. The predicted molar refractivity (Wildman–Crippen MR) is 146 cm³/mol. The second kappa shape index (κ2) is 10.7. The number of aliphatic hydroxyl groups is 1. The molecule has 1 aliphatic heterocycles. The van der Waals surface area contributed by atoms with E-state index in [9.17, 15) is 19.5 Å². The summed E-state index contributed by atoms with van der Waals surface area (Å²) >= 11 is 0. The Morgan fingerprint density at radius 2 is 1.71 bits per heavy atom. The van der Waals surface area contributed by atoms with Gasteiger partial charge in [-0.15, -0.1) is 0 Å². The number of amides is 1. The van der Waals surface area contributed by atoms with E-state index >= 15 is 0 Å². The van der Waals surface area contributed by atoms with Crippen LogP contribution in [0, 0.1) is 6.92 Å². The van der Waals surface area contributed by atoms with Crippen LogP contribution in [0.3, 0.4) is 0 Å². The molecule has 6 heteroatoms. The number of carbonyl (C=O) groups is 3. The Morgan fingerprint density at radius 3 is 2.42 bits per heavy atom. The number of nitrogens with zero attached hydrogens (tertiary/aromatic N) is 1. The first-order valence-corrected chi connectivity index (χ1v) is 13.1. The first-order chi connectivity index (χ1) is 18.4. The minimum Gasteiger partial charge on any atom is -0.507 e. The van der Waals surface area contributed by atoms with Crippen LogP contribution in [-0.2, 0) is 38.4 Å². The average molecular weight is 510 g/mol. The van der Waals surface area contributed by atoms with Crippen LogP contribution in [0.2, 0.25) is 0 Å². The van der Waals surface area contributed by atoms with Crippen LogP contribution in [0.15, 0.2) is 72.3 Å². The third-order valence-electron chi connectivity index (χ3n) is 7.29. The van der Waals surface area contributed by atoms with Crippen molar-refractivity contribution in [2.45, 2.75) is 52.0 Å². The van der Waals surface area contributed by atoms with E-state index in [0.29, 0.717) is 17.9 Å². The van der Waals surface area contributed by atoms with Gasteiger partial charge in [0, 0.05) is 11.3 Å². The van der Waals surface area contributed by atoms with E-state index < -0.39 is 17.7 Å². The van der Waals surface area contributed by atoms with Crippen molar-refractivity contribution < 1.29 is 24.2 Å². The molecule has 0 aromatic heterocycles. The summed E-state index contributed by atoms with van der Waals surface area (Å²) in [5.74, 6) is -1.91. The Balaban J connectivity index is 1.59. The maximum Gasteiger partial charge on any atom is 0.310 e. The first kappa shape index (κ1) is 25.5. The number of hydrogen-bond acceptors (Lipinski definition) is 5. The number of aliphatic hydroxyl groups excluding tert-OH is 1. The molecular formula is C32H31NO5. The summed E-state index contributed by atoms with van der Waals surface area (Å²) < 4.78 is 5.03. The molecule has 3 aromatic carbocycles. The molecule has 0 saturated carbocycles. The molecule has 1 atom stereocenters. The standard InChI is InChI=1S/C32H31NO5/c1-3-38-27(34)18-21-11-15-26(16-12-21)33-29(24-10-6-7-20(2)17-24)28(31(36)32(33)37)30(35)25-14-13-22-8-4-5-9-23(22)19-25/h6-7,10-17,19,29,35H,3-5,8-9,18H2,1-2H3/b30-28-. The Morgan fingerprint density at radius 1 is 0.974 bits per heavy atom. The van der Waals surface area contributed by atoms with E-state index in [0.717, 1.165) is 42.4 Å². The zero-order valence-corrected chi connectivity index (χ0v) is 21.7. The van der Waals surface area contributed by atoms with Crippen molar-refractivity contribution in [2.24, 2.45) is 0 Å². The zero-order valence-electron chi connectivity index (χ0n) is 21.7. The molecule has 3 aromatic rings. The van der Waals surface area contributed by atoms with Gasteiger partial charge in [0.05, 0.1) is 24.6 Å². The molecule has 1 amide bonds. The van der Waals surface area contributed by atoms with Gasteiger partial charge in [-0.3, -0.25) is 19.3 Å². The van der Waals surface area contributed by atoms with E-state index in [1.54, 1.807) is 31.2 Å². The van der Waals surface area contributed by atoms with Gasteiger partial charge in [0.25, 0.3) is 11.7 Å². The average Bonchev–Trinajstić information content (AvgIpc) is 3.18. The maximum absolute atomic E-state index is 13.5. The van der Waals surface area contributed by atoms with E-state index in [1.807, 2.05) is 49.4 Å². The van der Waals surface area contributed by atoms with Crippen LogP contribution in [0.25, 0.3) is 5.76 Å². The lowest BCUT2D eigenvalue weighted by molar-refractivity contribution is -0.142. The highest BCUT2D eigenvalue weighted by atomic mass is 16.5. The third-order valence-corrected chi connectivity index (χ3v) is 7.29. The van der Waals surface area contributed by atoms with Crippen LogP contribution in [0.4, 0.5) is 5.69 Å². The van der Waals surface area contributed by atoms with Gasteiger partial charge in [-0.05, 0) is 80.0 Å². The van der Waals surface area contributed by atoms with Crippen molar-refractivity contribution in [2.75, 3.05) is 11.5 Å². The molecule has 194 valence electrons. The highest BCUT2D eigenvalue weighted by molar-refractivity contribution is 6.51. The molecule has 0 radical (unpaired) electrons. The molecule has 1 N–H and O–H groups in total. The number of carbonyl (C=O) groups excluding carboxylic acids is 3. The van der Waals surface area contributed by atoms with Crippen molar-refractivity contribution in [3.8, 4) is 0 Å². The highest BCUT2D eigenvalue weighted by Crippen LogP contribution is 2.42. The number of esters is 1. The molecule has 1 heterocycles. The van der Waals surface area contributed by atoms with E-state index in [-0.39, 0.29) is 23.7 Å². The van der Waals surface area contributed by atoms with Crippen molar-refractivity contribution in [3.63, 3.8) is 0 Å². The topological polar surface area (TPSA) is 83.9 Å². The van der Waals surface area contributed by atoms with Gasteiger partial charge in [-0.25, -0.2) is 0 Å². The molecule has 1 unspecified atom stereocenters. The van der Waals surface area contributed by atoms with Crippen molar-refractivity contribution >= 4 is 29.1 Å². The molecule has 0 bridgehead atoms. The molecule has 6 nitrogen and oxygen atoms in total. The second-order valence-electron chi connectivity index (χ2n) is 9.92. The minimum atomic E-state index is -0.790. The fourth-order valence-corrected chi connectivity index (χ4v) is 5.44. The fraction of sp³-hybridized carbons (Fsp3) is 0.281. The predicted octanol–water partition coefficient (Wildman–Crippen LogP) is 5.61. The Kier molecular flexibility index (Phi) is 7.14. The minimum absolute atomic E-state index is 0.0759. The molecule has 38 heavy (non-hydrogen) atoms. The lowest BCUT2D eigenvalue weighted by Gasteiger charge is -2.26. The number of benzene rings is 3. The summed E-state index contributed by atoms with van der Waals surface area (Å²) in [6.45, 7) is 4.01. The fourth-order valence-electron chi connectivity index (χ4n) is 5.44. The number of anilines is 1. The van der Waals surface area contributed by atoms with Crippen molar-refractivity contribution in [3.05, 3.63) is 106 Å². The van der Waals surface area contributed by atoms with E-state index in [1.165, 1.54) is 16.0 Å². The van der Waals surface area contributed by atoms with Crippen LogP contribution in [-0.4, -0.2) is 29.4 Å². The van der Waals surface area contributed by atoms with Crippen LogP contribution >= 0.6 is 0 Å². The summed E-state index contributed by atoms with van der Waals surface area (Å²) in [7, 11) is 0. The quantitative estimate of drug-likeness (QED) is 0.202. The van der Waals surface area contributed by atoms with Gasteiger partial charge in [-0.1, -0.05) is 54.1 Å². The van der Waals surface area contributed by atoms with Gasteiger partial charge >= 0.3 is 5.97 Å². The summed E-state index contributed by atoms with van der Waals surface area (Å²) in [5.41, 5.74) is 6.04. The van der Waals surface area contributed by atoms with Gasteiger partial charge in [0.2, 0.25) is 0 Å². The number of ketones is 1. The maximum atomic E-state index is 13.5. The van der Waals surface area contributed by atoms with Crippen LogP contribution < -0.4 is 4.90 Å². The third kappa shape index (κ3) is 4.86. The Bertz CT molecular complexity index is 1440. The molecule has 0 spiro atoms. The number of aryl methyl sites for hydroxylation is 3. The summed E-state index contributed by atoms with van der Waals surface area (Å²) in [4.78, 5) is 40.3. The van der Waals surface area contributed by atoms with Crippen LogP contribution in [0.5, 0.6) is 0 Å². The lowest BCUT2D eigenvalue weighted by atomic mass is 9.88. The Labute approximate surface area is 222 Å². The van der Waals surface area contributed by atoms with Gasteiger partial charge in [0.1, 0.15) is 5.76 Å². The number of fused-ring (bicyclic) bond motifs is 1. The Hall–Kier alpha value is -4.19. The molecule has 2 aliphatic rings. The smallest absolute Gasteiger partial charge is 0.310 e. The lowest BCUT2D eigenvalue weighted by Crippen LogP contribution is -2.29. The number of Topliss-reactive ketones (excluding diaryl/α,β-unsaturated/α-hetero) is 1. The van der Waals surface area contributed by atoms with Gasteiger partial charge in [-0.2, -0.15) is 0 Å².